The van der Waals surface area contributed by atoms with Gasteiger partial charge in [-0.15, -0.1) is 0 Å². The molecule has 0 atom stereocenters. The number of rotatable bonds is 2. The van der Waals surface area contributed by atoms with E-state index in [1.807, 2.05) is 0 Å². The maximum Gasteiger partial charge on any atom is 0.528 e. The molecule has 0 bridgehead atoms. The Morgan fingerprint density at radius 3 is 2.40 bits per heavy atom. The fraction of sp³-hybridized carbons (Fsp3) is 0.667. The van der Waals surface area contributed by atoms with Crippen LogP contribution in [-0.4, -0.2) is 29.1 Å². The van der Waals surface area contributed by atoms with Crippen LogP contribution in [0.1, 0.15) is 6.42 Å². The molecule has 0 aliphatic carbocycles. The maximum atomic E-state index is 5.34. The first-order valence-corrected chi connectivity index (χ1v) is 5.10. The summed E-state index contributed by atoms with van der Waals surface area (Å²) < 4.78 is 15.8. The highest BCUT2D eigenvalue weighted by Crippen LogP contribution is 2.14. The summed E-state index contributed by atoms with van der Waals surface area (Å²) in [4.78, 5) is 0. The summed E-state index contributed by atoms with van der Waals surface area (Å²) >= 11 is 0. The third-order valence-corrected chi connectivity index (χ3v) is 3.71. The van der Waals surface area contributed by atoms with Gasteiger partial charge in [-0.05, 0) is 12.1 Å². The van der Waals surface area contributed by atoms with E-state index in [0.717, 1.165) is 19.6 Å². The highest BCUT2D eigenvalue weighted by atomic mass is 28.4. The van der Waals surface area contributed by atoms with Crippen LogP contribution in [0.3, 0.4) is 0 Å². The number of hydrogen-bond acceptors (Lipinski definition) is 3. The van der Waals surface area contributed by atoms with Crippen LogP contribution in [0.25, 0.3) is 0 Å². The molecule has 1 aliphatic rings. The van der Waals surface area contributed by atoms with Gasteiger partial charge >= 0.3 is 8.80 Å². The molecule has 0 aromatic heterocycles. The summed E-state index contributed by atoms with van der Waals surface area (Å²) in [6, 6.07) is 0. The van der Waals surface area contributed by atoms with E-state index in [9.17, 15) is 0 Å². The lowest BCUT2D eigenvalue weighted by molar-refractivity contribution is 0.0472. The zero-order chi connectivity index (χ0) is 7.45. The van der Waals surface area contributed by atoms with Gasteiger partial charge in [-0.1, -0.05) is 6.58 Å². The van der Waals surface area contributed by atoms with E-state index >= 15 is 0 Å². The van der Waals surface area contributed by atoms with Gasteiger partial charge in [0.05, 0.1) is 0 Å². The molecule has 58 valence electrons. The Labute approximate surface area is 62.0 Å². The molecular formula is C6H12O3Si. The van der Waals surface area contributed by atoms with E-state index in [-0.39, 0.29) is 0 Å². The zero-order valence-electron chi connectivity index (χ0n) is 6.13. The van der Waals surface area contributed by atoms with E-state index in [2.05, 4.69) is 6.58 Å². The normalized spacial score (nSPS) is 24.1. The molecule has 1 rings (SSSR count). The molecular weight excluding hydrogens is 148 g/mol. The van der Waals surface area contributed by atoms with Gasteiger partial charge < -0.3 is 13.3 Å². The Morgan fingerprint density at radius 1 is 1.50 bits per heavy atom. The second-order valence-corrected chi connectivity index (χ2v) is 4.66. The molecule has 0 unspecified atom stereocenters. The minimum atomic E-state index is -2.37. The van der Waals surface area contributed by atoms with E-state index in [1.54, 1.807) is 12.8 Å². The summed E-state index contributed by atoms with van der Waals surface area (Å²) in [6.45, 7) is 5.07. The smallest absolute Gasteiger partial charge is 0.374 e. The predicted octanol–water partition coefficient (Wildman–Crippen LogP) is 0.734. The summed E-state index contributed by atoms with van der Waals surface area (Å²) in [6.07, 6.45) is 0.950. The molecule has 1 saturated heterocycles. The highest BCUT2D eigenvalue weighted by Gasteiger charge is 2.38. The molecule has 3 nitrogen and oxygen atoms in total. The van der Waals surface area contributed by atoms with Crippen molar-refractivity contribution < 1.29 is 13.3 Å². The molecule has 1 heterocycles. The molecule has 1 aliphatic heterocycles. The van der Waals surface area contributed by atoms with Crippen molar-refractivity contribution in [3.63, 3.8) is 0 Å². The van der Waals surface area contributed by atoms with Crippen molar-refractivity contribution in [1.29, 1.82) is 0 Å². The molecule has 0 aromatic carbocycles. The Balaban J connectivity index is 2.52. The monoisotopic (exact) mass is 160 g/mol. The Morgan fingerprint density at radius 2 is 2.10 bits per heavy atom. The molecule has 0 radical (unpaired) electrons. The quantitative estimate of drug-likeness (QED) is 0.557. The average Bonchev–Trinajstić information content (AvgIpc) is 2.06. The Kier molecular flexibility index (Phi) is 2.61. The molecule has 0 amide bonds. The van der Waals surface area contributed by atoms with Crippen LogP contribution in [0.4, 0.5) is 0 Å². The van der Waals surface area contributed by atoms with Crippen LogP contribution >= 0.6 is 0 Å². The third kappa shape index (κ3) is 1.46. The van der Waals surface area contributed by atoms with Gasteiger partial charge in [-0.2, -0.15) is 0 Å². The van der Waals surface area contributed by atoms with E-state index < -0.39 is 8.80 Å². The van der Waals surface area contributed by atoms with Gasteiger partial charge in [-0.25, -0.2) is 0 Å². The lowest BCUT2D eigenvalue weighted by Crippen LogP contribution is -2.46. The summed E-state index contributed by atoms with van der Waals surface area (Å²) in [5.41, 5.74) is 1.66. The van der Waals surface area contributed by atoms with Gasteiger partial charge in [0.15, 0.2) is 0 Å². The van der Waals surface area contributed by atoms with Gasteiger partial charge in [0.25, 0.3) is 0 Å². The van der Waals surface area contributed by atoms with Crippen LogP contribution in [0, 0.1) is 0 Å². The standard InChI is InChI=1S/C6H12O3Si/c1-3-10(7-2)8-5-4-6-9-10/h3H,1,4-6H2,2H3. The van der Waals surface area contributed by atoms with Crippen molar-refractivity contribution in [3.05, 3.63) is 12.3 Å². The fourth-order valence-corrected chi connectivity index (χ4v) is 2.43. The first kappa shape index (κ1) is 7.94. The molecule has 4 heteroatoms. The van der Waals surface area contributed by atoms with E-state index in [1.165, 1.54) is 0 Å². The maximum absolute atomic E-state index is 5.34. The summed E-state index contributed by atoms with van der Waals surface area (Å²) in [7, 11) is -0.770. The van der Waals surface area contributed by atoms with Gasteiger partial charge in [0, 0.05) is 20.3 Å². The second kappa shape index (κ2) is 3.29. The van der Waals surface area contributed by atoms with Crippen LogP contribution in [0.2, 0.25) is 0 Å². The molecule has 0 saturated carbocycles. The molecule has 0 N–H and O–H groups in total. The predicted molar refractivity (Wildman–Crippen MR) is 39.5 cm³/mol. The average molecular weight is 160 g/mol. The van der Waals surface area contributed by atoms with E-state index in [0.29, 0.717) is 0 Å². The number of hydrogen-bond donors (Lipinski definition) is 0. The van der Waals surface area contributed by atoms with Crippen LogP contribution < -0.4 is 0 Å². The summed E-state index contributed by atoms with van der Waals surface area (Å²) in [5, 5.41) is 0. The first-order valence-electron chi connectivity index (χ1n) is 3.29. The molecule has 0 aromatic rings. The Hall–Kier alpha value is -0.163. The molecule has 0 spiro atoms. The van der Waals surface area contributed by atoms with Crippen molar-refractivity contribution >= 4 is 8.80 Å². The minimum Gasteiger partial charge on any atom is -0.374 e. The van der Waals surface area contributed by atoms with Crippen LogP contribution in [0.15, 0.2) is 12.3 Å². The van der Waals surface area contributed by atoms with Gasteiger partial charge in [-0.3, -0.25) is 0 Å². The topological polar surface area (TPSA) is 27.7 Å². The fourth-order valence-electron chi connectivity index (χ4n) is 0.848. The zero-order valence-corrected chi connectivity index (χ0v) is 7.13. The SMILES string of the molecule is C=C[Si]1(OC)OCCCO1. The molecule has 1 fully saturated rings. The lowest BCUT2D eigenvalue weighted by Gasteiger charge is -2.28. The van der Waals surface area contributed by atoms with Crippen molar-refractivity contribution in [2.45, 2.75) is 6.42 Å². The highest BCUT2D eigenvalue weighted by molar-refractivity contribution is 6.66. The van der Waals surface area contributed by atoms with Crippen molar-refractivity contribution in [3.8, 4) is 0 Å². The van der Waals surface area contributed by atoms with Crippen LogP contribution in [-0.2, 0) is 13.3 Å². The largest absolute Gasteiger partial charge is 0.528 e. The van der Waals surface area contributed by atoms with E-state index in [4.69, 9.17) is 13.3 Å². The van der Waals surface area contributed by atoms with Crippen molar-refractivity contribution in [2.24, 2.45) is 0 Å². The first-order chi connectivity index (χ1) is 4.83. The van der Waals surface area contributed by atoms with Crippen LogP contribution in [0.5, 0.6) is 0 Å². The lowest BCUT2D eigenvalue weighted by atomic mass is 10.5. The Bertz CT molecular complexity index is 120. The van der Waals surface area contributed by atoms with Gasteiger partial charge in [0.1, 0.15) is 0 Å². The second-order valence-electron chi connectivity index (χ2n) is 2.06. The third-order valence-electron chi connectivity index (χ3n) is 1.43. The van der Waals surface area contributed by atoms with Crippen molar-refractivity contribution in [2.75, 3.05) is 20.3 Å². The minimum absolute atomic E-state index is 0.728. The van der Waals surface area contributed by atoms with Crippen molar-refractivity contribution in [1.82, 2.24) is 0 Å². The molecule has 10 heavy (non-hydrogen) atoms. The van der Waals surface area contributed by atoms with Gasteiger partial charge in [0.2, 0.25) is 0 Å². The summed E-state index contributed by atoms with van der Waals surface area (Å²) in [5.74, 6) is 0.